The molecule has 1 unspecified atom stereocenters. The number of hydrogen-bond acceptors (Lipinski definition) is 1. The van der Waals surface area contributed by atoms with Crippen molar-refractivity contribution in [2.75, 3.05) is 0 Å². The van der Waals surface area contributed by atoms with E-state index in [2.05, 4.69) is 54.6 Å². The van der Waals surface area contributed by atoms with Crippen LogP contribution in [0, 0.1) is 0 Å². The Balaban J connectivity index is 0.000000276. The van der Waals surface area contributed by atoms with Gasteiger partial charge in [-0.1, -0.05) is 42.5 Å². The largest absolute Gasteiger partial charge is 0.748 e. The molecular formula is C21H19FeN-6. The van der Waals surface area contributed by atoms with Crippen LogP contribution in [0.3, 0.4) is 0 Å². The normalized spacial score (nSPS) is 11.2. The van der Waals surface area contributed by atoms with E-state index in [1.807, 2.05) is 42.5 Å². The maximum absolute atomic E-state index is 6.25. The topological polar surface area (TPSA) is 26.0 Å². The molecule has 2 N–H and O–H groups in total. The van der Waals surface area contributed by atoms with Crippen LogP contribution in [-0.2, 0) is 17.1 Å². The number of fused-ring (bicyclic) bond motifs is 1. The second kappa shape index (κ2) is 8.50. The van der Waals surface area contributed by atoms with Crippen molar-refractivity contribution in [1.29, 1.82) is 0 Å². The fourth-order valence-corrected chi connectivity index (χ4v) is 2.51. The number of nitrogens with two attached hydrogens (primary N) is 1. The van der Waals surface area contributed by atoms with Gasteiger partial charge in [-0.2, -0.15) is 12.1 Å². The third-order valence-electron chi connectivity index (χ3n) is 3.74. The van der Waals surface area contributed by atoms with Crippen molar-refractivity contribution < 1.29 is 17.1 Å². The van der Waals surface area contributed by atoms with Gasteiger partial charge in [-0.15, -0.1) is 5.56 Å². The number of benzene rings is 2. The van der Waals surface area contributed by atoms with Gasteiger partial charge in [-0.25, -0.2) is 12.1 Å². The van der Waals surface area contributed by atoms with Crippen molar-refractivity contribution in [2.24, 2.45) is 5.73 Å². The quantitative estimate of drug-likeness (QED) is 0.403. The van der Waals surface area contributed by atoms with Crippen LogP contribution in [0.4, 0.5) is 0 Å². The number of hydrogen-bond donors (Lipinski definition) is 1. The van der Waals surface area contributed by atoms with Crippen molar-refractivity contribution in [3.8, 4) is 0 Å². The molecule has 2 heteroatoms. The Kier molecular flexibility index (Phi) is 6.37. The van der Waals surface area contributed by atoms with E-state index in [1.54, 1.807) is 0 Å². The average molecular weight is 341 g/mol. The smallest absolute Gasteiger partial charge is 0.00908 e. The standard InChI is InChI=1S/C16H14N.C5H5.Fe/c17-16(13-6-2-3-7-13)15-10-9-12-5-1-4-8-14(12)11-15;1-2-4-5-3-1;/h1-11,16H,17H2;1-5H;/q-1;-5;. The Bertz CT molecular complexity index is 784. The zero-order valence-electron chi connectivity index (χ0n) is 12.7. The molecule has 0 fully saturated rings. The first-order chi connectivity index (χ1) is 10.8. The zero-order chi connectivity index (χ0) is 15.2. The van der Waals surface area contributed by atoms with E-state index in [0.717, 1.165) is 5.56 Å². The first-order valence-corrected chi connectivity index (χ1v) is 7.47. The minimum absolute atomic E-state index is 0. The second-order valence-electron chi connectivity index (χ2n) is 5.26. The van der Waals surface area contributed by atoms with Gasteiger partial charge in [0.05, 0.1) is 0 Å². The summed E-state index contributed by atoms with van der Waals surface area (Å²) in [5.41, 5.74) is 8.58. The van der Waals surface area contributed by atoms with E-state index in [0.29, 0.717) is 0 Å². The second-order valence-corrected chi connectivity index (χ2v) is 5.26. The molecule has 4 rings (SSSR count). The molecule has 23 heavy (non-hydrogen) atoms. The van der Waals surface area contributed by atoms with Gasteiger partial charge in [0.2, 0.25) is 0 Å². The zero-order valence-corrected chi connectivity index (χ0v) is 13.9. The molecule has 0 aliphatic heterocycles. The summed E-state index contributed by atoms with van der Waals surface area (Å²) in [5, 5.41) is 2.50. The molecule has 0 bridgehead atoms. The molecular weight excluding hydrogens is 322 g/mol. The van der Waals surface area contributed by atoms with Gasteiger partial charge >= 0.3 is 0 Å². The fraction of sp³-hybridized carbons (Fsp3) is 0.0476. The Morgan fingerprint density at radius 1 is 0.739 bits per heavy atom. The summed E-state index contributed by atoms with van der Waals surface area (Å²) in [4.78, 5) is 0. The summed E-state index contributed by atoms with van der Waals surface area (Å²) < 4.78 is 0. The van der Waals surface area contributed by atoms with E-state index in [4.69, 9.17) is 5.73 Å². The van der Waals surface area contributed by atoms with Crippen LogP contribution in [0.5, 0.6) is 0 Å². The molecule has 0 amide bonds. The van der Waals surface area contributed by atoms with Crippen LogP contribution >= 0.6 is 0 Å². The molecule has 0 aliphatic rings. The summed E-state index contributed by atoms with van der Waals surface area (Å²) >= 11 is 0. The molecule has 1 nitrogen and oxygen atoms in total. The first kappa shape index (κ1) is 17.2. The molecule has 122 valence electrons. The maximum atomic E-state index is 6.25. The van der Waals surface area contributed by atoms with Crippen LogP contribution in [0.15, 0.2) is 97.1 Å². The monoisotopic (exact) mass is 341 g/mol. The predicted molar refractivity (Wildman–Crippen MR) is 94.0 cm³/mol. The van der Waals surface area contributed by atoms with Gasteiger partial charge < -0.3 is 36.1 Å². The summed E-state index contributed by atoms with van der Waals surface area (Å²) in [6.45, 7) is 0. The Hall–Kier alpha value is -2.12. The fourth-order valence-electron chi connectivity index (χ4n) is 2.51. The van der Waals surface area contributed by atoms with E-state index >= 15 is 0 Å². The maximum Gasteiger partial charge on any atom is 0.00908 e. The van der Waals surface area contributed by atoms with E-state index in [9.17, 15) is 0 Å². The van der Waals surface area contributed by atoms with E-state index < -0.39 is 0 Å². The summed E-state index contributed by atoms with van der Waals surface area (Å²) in [6, 6.07) is 32.9. The third kappa shape index (κ3) is 4.43. The van der Waals surface area contributed by atoms with Gasteiger partial charge in [0.1, 0.15) is 0 Å². The number of rotatable bonds is 2. The molecule has 0 saturated heterocycles. The summed E-state index contributed by atoms with van der Waals surface area (Å²) in [6.07, 6.45) is 0. The molecule has 0 heterocycles. The summed E-state index contributed by atoms with van der Waals surface area (Å²) in [5.74, 6) is 0. The molecule has 1 atom stereocenters. The molecule has 4 aromatic rings. The van der Waals surface area contributed by atoms with Gasteiger partial charge in [0.25, 0.3) is 0 Å². The Morgan fingerprint density at radius 3 is 1.91 bits per heavy atom. The molecule has 0 aliphatic carbocycles. The van der Waals surface area contributed by atoms with E-state index in [-0.39, 0.29) is 23.1 Å². The molecule has 0 spiro atoms. The third-order valence-corrected chi connectivity index (χ3v) is 3.74. The molecule has 0 saturated carbocycles. The van der Waals surface area contributed by atoms with Crippen molar-refractivity contribution in [1.82, 2.24) is 0 Å². The van der Waals surface area contributed by atoms with Gasteiger partial charge in [-0.3, -0.25) is 0 Å². The molecule has 4 aromatic carbocycles. The van der Waals surface area contributed by atoms with Crippen molar-refractivity contribution >= 4 is 10.8 Å². The summed E-state index contributed by atoms with van der Waals surface area (Å²) in [7, 11) is 0. The van der Waals surface area contributed by atoms with Crippen LogP contribution in [0.25, 0.3) is 10.8 Å². The van der Waals surface area contributed by atoms with E-state index in [1.165, 1.54) is 16.3 Å². The SMILES string of the molecule is NC(c1ccc2ccccc2c1)[c-]1cccc1.[Fe].[cH-]1[cH-][cH-][cH-][cH-]1. The van der Waals surface area contributed by atoms with Gasteiger partial charge in [0, 0.05) is 23.1 Å². The van der Waals surface area contributed by atoms with Gasteiger partial charge in [-0.05, 0) is 16.3 Å². The molecule has 0 aromatic heterocycles. The van der Waals surface area contributed by atoms with Crippen molar-refractivity contribution in [3.63, 3.8) is 0 Å². The first-order valence-electron chi connectivity index (χ1n) is 7.47. The minimum atomic E-state index is -0.0328. The predicted octanol–water partition coefficient (Wildman–Crippen LogP) is 5.01. The van der Waals surface area contributed by atoms with Crippen LogP contribution in [-0.4, -0.2) is 0 Å². The Morgan fingerprint density at radius 2 is 1.30 bits per heavy atom. The van der Waals surface area contributed by atoms with Crippen LogP contribution in [0.1, 0.15) is 17.2 Å². The van der Waals surface area contributed by atoms with Crippen LogP contribution in [0.2, 0.25) is 0 Å². The minimum Gasteiger partial charge on any atom is -0.748 e. The van der Waals surface area contributed by atoms with Gasteiger partial charge in [0.15, 0.2) is 0 Å². The van der Waals surface area contributed by atoms with Crippen molar-refractivity contribution in [3.05, 3.63) is 108 Å². The Labute approximate surface area is 148 Å². The van der Waals surface area contributed by atoms with Crippen LogP contribution < -0.4 is 5.73 Å². The van der Waals surface area contributed by atoms with Crippen molar-refractivity contribution in [2.45, 2.75) is 6.04 Å². The average Bonchev–Trinajstić information content (AvgIpc) is 3.29. The molecule has 0 radical (unpaired) electrons.